The zero-order valence-corrected chi connectivity index (χ0v) is 17.7. The molecule has 5 heterocycles. The Morgan fingerprint density at radius 2 is 1.90 bits per heavy atom. The molecule has 7 heteroatoms. The number of piperidine rings is 3. The number of fused-ring (bicyclic) bond motifs is 5. The molecule has 0 N–H and O–H groups in total. The van der Waals surface area contributed by atoms with Gasteiger partial charge in [-0.2, -0.15) is 4.52 Å². The number of hydrogen-bond acceptors (Lipinski definition) is 5. The van der Waals surface area contributed by atoms with Gasteiger partial charge < -0.3 is 4.90 Å². The normalized spacial score (nSPS) is 28.5. The van der Waals surface area contributed by atoms with Gasteiger partial charge in [0.1, 0.15) is 0 Å². The van der Waals surface area contributed by atoms with Crippen LogP contribution in [0.2, 0.25) is 0 Å². The summed E-state index contributed by atoms with van der Waals surface area (Å²) in [7, 11) is 0. The summed E-state index contributed by atoms with van der Waals surface area (Å²) in [5.41, 5.74) is 2.73. The molecule has 0 spiro atoms. The Hall–Kier alpha value is -2.80. The highest BCUT2D eigenvalue weighted by Crippen LogP contribution is 2.42. The molecule has 2 aromatic heterocycles. The van der Waals surface area contributed by atoms with Crippen LogP contribution in [0.1, 0.15) is 41.6 Å². The Labute approximate surface area is 182 Å². The van der Waals surface area contributed by atoms with Crippen molar-refractivity contribution in [2.45, 2.75) is 44.2 Å². The molecule has 31 heavy (non-hydrogen) atoms. The van der Waals surface area contributed by atoms with Gasteiger partial charge in [-0.15, -0.1) is 5.10 Å². The van der Waals surface area contributed by atoms with Crippen molar-refractivity contribution >= 4 is 11.6 Å². The van der Waals surface area contributed by atoms with Gasteiger partial charge in [-0.1, -0.05) is 36.8 Å². The smallest absolute Gasteiger partial charge is 0.255 e. The fourth-order valence-corrected chi connectivity index (χ4v) is 6.26. The molecule has 0 unspecified atom stereocenters. The predicted octanol–water partition coefficient (Wildman–Crippen LogP) is 2.68. The summed E-state index contributed by atoms with van der Waals surface area (Å²) < 4.78 is 1.58. The van der Waals surface area contributed by atoms with E-state index in [2.05, 4.69) is 55.7 Å². The van der Waals surface area contributed by atoms with E-state index in [0.717, 1.165) is 19.5 Å². The lowest BCUT2D eigenvalue weighted by Crippen LogP contribution is -2.64. The fraction of sp³-hybridized carbons (Fsp3) is 0.500. The molecule has 3 aliphatic heterocycles. The van der Waals surface area contributed by atoms with Crippen molar-refractivity contribution in [3.63, 3.8) is 0 Å². The van der Waals surface area contributed by atoms with Crippen LogP contribution in [0.25, 0.3) is 5.65 Å². The van der Waals surface area contributed by atoms with E-state index in [9.17, 15) is 4.79 Å². The minimum absolute atomic E-state index is 0.106. The van der Waals surface area contributed by atoms with E-state index in [1.165, 1.54) is 37.8 Å². The second-order valence-electron chi connectivity index (χ2n) is 9.42. The maximum absolute atomic E-state index is 13.5. The molecule has 3 aromatic rings. The van der Waals surface area contributed by atoms with E-state index in [1.807, 2.05) is 12.1 Å². The van der Waals surface area contributed by atoms with Crippen molar-refractivity contribution in [2.75, 3.05) is 19.6 Å². The highest BCUT2D eigenvalue weighted by atomic mass is 16.2. The topological polar surface area (TPSA) is 66.6 Å². The number of tetrazole rings is 1. The van der Waals surface area contributed by atoms with Gasteiger partial charge in [0.2, 0.25) is 0 Å². The lowest BCUT2D eigenvalue weighted by atomic mass is 9.71. The third-order valence-corrected chi connectivity index (χ3v) is 7.64. The average Bonchev–Trinajstić information content (AvgIpc) is 3.30. The first-order valence-electron chi connectivity index (χ1n) is 11.5. The minimum Gasteiger partial charge on any atom is -0.338 e. The first kappa shape index (κ1) is 18.9. The maximum atomic E-state index is 13.5. The van der Waals surface area contributed by atoms with Crippen LogP contribution in [0.15, 0.2) is 48.7 Å². The highest BCUT2D eigenvalue weighted by Gasteiger charge is 2.47. The van der Waals surface area contributed by atoms with Crippen LogP contribution in [0.5, 0.6) is 0 Å². The van der Waals surface area contributed by atoms with Crippen LogP contribution in [0.3, 0.4) is 0 Å². The predicted molar refractivity (Wildman–Crippen MR) is 117 cm³/mol. The van der Waals surface area contributed by atoms with Crippen molar-refractivity contribution in [1.82, 2.24) is 29.8 Å². The molecule has 160 valence electrons. The molecule has 3 saturated heterocycles. The van der Waals surface area contributed by atoms with Crippen LogP contribution in [-0.2, 0) is 6.42 Å². The molecular formula is C24H28N6O. The number of pyridine rings is 1. The van der Waals surface area contributed by atoms with Gasteiger partial charge in [-0.25, -0.2) is 0 Å². The Morgan fingerprint density at radius 1 is 1.03 bits per heavy atom. The Kier molecular flexibility index (Phi) is 4.71. The minimum atomic E-state index is 0.106. The Balaban J connectivity index is 1.28. The van der Waals surface area contributed by atoms with Gasteiger partial charge >= 0.3 is 0 Å². The van der Waals surface area contributed by atoms with Crippen molar-refractivity contribution in [3.8, 4) is 0 Å². The summed E-state index contributed by atoms with van der Waals surface area (Å²) in [4.78, 5) is 18.4. The van der Waals surface area contributed by atoms with Crippen molar-refractivity contribution in [1.29, 1.82) is 0 Å². The summed E-state index contributed by atoms with van der Waals surface area (Å²) in [5.74, 6) is 1.20. The first-order chi connectivity index (χ1) is 15.3. The molecule has 6 rings (SSSR count). The average molecular weight is 417 g/mol. The van der Waals surface area contributed by atoms with E-state index in [-0.39, 0.29) is 5.91 Å². The molecule has 1 aromatic carbocycles. The number of amides is 1. The number of likely N-dealkylation sites (tertiary alicyclic amines) is 1. The van der Waals surface area contributed by atoms with Crippen LogP contribution in [-0.4, -0.2) is 67.5 Å². The first-order valence-corrected chi connectivity index (χ1v) is 11.5. The lowest BCUT2D eigenvalue weighted by Gasteiger charge is -2.57. The number of aromatic nitrogens is 4. The van der Waals surface area contributed by atoms with Crippen molar-refractivity contribution in [2.24, 2.45) is 11.8 Å². The second-order valence-corrected chi connectivity index (χ2v) is 9.42. The van der Waals surface area contributed by atoms with Crippen LogP contribution in [0.4, 0.5) is 0 Å². The Morgan fingerprint density at radius 3 is 2.81 bits per heavy atom. The summed E-state index contributed by atoms with van der Waals surface area (Å²) in [6, 6.07) is 15.7. The van der Waals surface area contributed by atoms with Crippen LogP contribution in [0, 0.1) is 11.8 Å². The number of carbonyl (C=O) groups is 1. The molecular weight excluding hydrogens is 388 g/mol. The highest BCUT2D eigenvalue weighted by molar-refractivity contribution is 5.94. The number of carbonyl (C=O) groups excluding carboxylic acids is 1. The number of hydrogen-bond donors (Lipinski definition) is 0. The maximum Gasteiger partial charge on any atom is 0.255 e. The van der Waals surface area contributed by atoms with Gasteiger partial charge in [-0.3, -0.25) is 9.69 Å². The summed E-state index contributed by atoms with van der Waals surface area (Å²) in [6.45, 7) is 2.91. The summed E-state index contributed by atoms with van der Waals surface area (Å²) in [5, 5.41) is 11.6. The Bertz CT molecular complexity index is 1080. The standard InChI is InChI=1S/C24H28N6O/c31-24(18-9-10-23-25-26-27-30(23)16-18)28-14-19-13-20(15-28)22(12-17-6-2-1-3-7-17)29-11-5-4-8-21(19)29/h1-3,6-7,9-10,16,19-22H,4-5,8,11-15H2/t19-,20+,21+,22+/m1/s1. The molecule has 3 fully saturated rings. The molecule has 2 bridgehead atoms. The van der Waals surface area contributed by atoms with E-state index >= 15 is 0 Å². The molecule has 7 nitrogen and oxygen atoms in total. The molecule has 0 aliphatic carbocycles. The van der Waals surface area contributed by atoms with Crippen LogP contribution < -0.4 is 0 Å². The van der Waals surface area contributed by atoms with Gasteiger partial charge in [0, 0.05) is 31.4 Å². The van der Waals surface area contributed by atoms with Crippen molar-refractivity contribution in [3.05, 3.63) is 59.8 Å². The SMILES string of the molecule is O=C(c1ccc2nnnn2c1)N1C[C@H]2C[C@@H](C1)[C@H](Cc1ccccc1)N1CCCC[C@@H]21. The van der Waals surface area contributed by atoms with Gasteiger partial charge in [0.15, 0.2) is 5.65 Å². The number of rotatable bonds is 3. The number of benzene rings is 1. The monoisotopic (exact) mass is 416 g/mol. The van der Waals surface area contributed by atoms with E-state index in [1.54, 1.807) is 10.7 Å². The van der Waals surface area contributed by atoms with E-state index in [0.29, 0.717) is 35.1 Å². The third-order valence-electron chi connectivity index (χ3n) is 7.64. The van der Waals surface area contributed by atoms with E-state index < -0.39 is 0 Å². The summed E-state index contributed by atoms with van der Waals surface area (Å²) >= 11 is 0. The third kappa shape index (κ3) is 3.41. The molecule has 4 atom stereocenters. The zero-order valence-electron chi connectivity index (χ0n) is 17.7. The van der Waals surface area contributed by atoms with Crippen molar-refractivity contribution < 1.29 is 4.79 Å². The molecule has 3 aliphatic rings. The van der Waals surface area contributed by atoms with Gasteiger partial charge in [-0.05, 0) is 72.2 Å². The largest absolute Gasteiger partial charge is 0.338 e. The molecule has 0 radical (unpaired) electrons. The second kappa shape index (κ2) is 7.71. The fourth-order valence-electron chi connectivity index (χ4n) is 6.26. The lowest BCUT2D eigenvalue weighted by molar-refractivity contribution is -0.0642. The zero-order chi connectivity index (χ0) is 20.8. The van der Waals surface area contributed by atoms with E-state index in [4.69, 9.17) is 0 Å². The molecule has 1 amide bonds. The molecule has 0 saturated carbocycles. The summed E-state index contributed by atoms with van der Waals surface area (Å²) in [6.07, 6.45) is 7.96. The number of nitrogens with zero attached hydrogens (tertiary/aromatic N) is 6. The van der Waals surface area contributed by atoms with Crippen LogP contribution >= 0.6 is 0 Å². The van der Waals surface area contributed by atoms with Gasteiger partial charge in [0.25, 0.3) is 5.91 Å². The quantitative estimate of drug-likeness (QED) is 0.657. The van der Waals surface area contributed by atoms with Gasteiger partial charge in [0.05, 0.1) is 5.56 Å².